The summed E-state index contributed by atoms with van der Waals surface area (Å²) in [6.07, 6.45) is -0.508. The summed E-state index contributed by atoms with van der Waals surface area (Å²) in [7, 11) is -3.84. The van der Waals surface area contributed by atoms with Crippen LogP contribution < -0.4 is 21.9 Å². The number of primary amides is 2. The second-order valence-electron chi connectivity index (χ2n) is 5.30. The first-order valence-corrected chi connectivity index (χ1v) is 8.80. The molecule has 7 N–H and O–H groups in total. The van der Waals surface area contributed by atoms with Crippen LogP contribution in [0.4, 0.5) is 5.69 Å². The van der Waals surface area contributed by atoms with E-state index in [-0.39, 0.29) is 17.7 Å². The largest absolute Gasteiger partial charge is 0.368 e. The number of rotatable bonds is 9. The van der Waals surface area contributed by atoms with Gasteiger partial charge in [0.1, 0.15) is 0 Å². The number of nitrogens with two attached hydrogens (primary N) is 3. The molecule has 0 radical (unpaired) electrons. The molecule has 0 atom stereocenters. The van der Waals surface area contributed by atoms with Crippen molar-refractivity contribution in [3.05, 3.63) is 24.3 Å². The van der Waals surface area contributed by atoms with Crippen molar-refractivity contribution in [2.75, 3.05) is 18.4 Å². The number of hydrogen-bond donors (Lipinski definition) is 4. The third kappa shape index (κ3) is 7.27. The molecule has 0 bridgehead atoms. The lowest BCUT2D eigenvalue weighted by Gasteiger charge is -2.19. The van der Waals surface area contributed by atoms with Gasteiger partial charge in [-0.05, 0) is 24.3 Å². The highest BCUT2D eigenvalue weighted by Crippen LogP contribution is 2.13. The molecule has 1 aromatic rings. The van der Waals surface area contributed by atoms with Gasteiger partial charge in [-0.1, -0.05) is 0 Å². The minimum absolute atomic E-state index is 0.112. The van der Waals surface area contributed by atoms with E-state index in [0.29, 0.717) is 5.69 Å². The standard InChI is InChI=1S/C14H19N5O6S/c15-11(20)7-19(8-12(16)21)14(23)6-5-13(22)18-9-1-3-10(4-2-9)26(17,24)25/h1-4H,5-8H2,(H2,15,20)(H2,16,21)(H,18,22)(H2,17,24,25). The van der Waals surface area contributed by atoms with Crippen molar-refractivity contribution in [2.45, 2.75) is 17.7 Å². The number of hydrogen-bond acceptors (Lipinski definition) is 6. The van der Waals surface area contributed by atoms with Crippen LogP contribution in [-0.2, 0) is 29.2 Å². The van der Waals surface area contributed by atoms with Crippen molar-refractivity contribution in [1.82, 2.24) is 4.90 Å². The van der Waals surface area contributed by atoms with Crippen LogP contribution in [0, 0.1) is 0 Å². The van der Waals surface area contributed by atoms with Crippen LogP contribution >= 0.6 is 0 Å². The van der Waals surface area contributed by atoms with Crippen molar-refractivity contribution in [3.8, 4) is 0 Å². The van der Waals surface area contributed by atoms with Crippen LogP contribution in [0.25, 0.3) is 0 Å². The molecule has 26 heavy (non-hydrogen) atoms. The zero-order valence-electron chi connectivity index (χ0n) is 13.7. The minimum atomic E-state index is -3.84. The molecule has 1 rings (SSSR count). The predicted molar refractivity (Wildman–Crippen MR) is 90.6 cm³/mol. The van der Waals surface area contributed by atoms with Crippen LogP contribution in [0.3, 0.4) is 0 Å². The summed E-state index contributed by atoms with van der Waals surface area (Å²) in [6, 6.07) is 5.12. The van der Waals surface area contributed by atoms with E-state index in [1.807, 2.05) is 0 Å². The van der Waals surface area contributed by atoms with Gasteiger partial charge in [0.25, 0.3) is 0 Å². The first kappa shape index (κ1) is 21.1. The Morgan fingerprint density at radius 3 is 1.85 bits per heavy atom. The molecule has 12 heteroatoms. The molecule has 0 spiro atoms. The Balaban J connectivity index is 2.60. The number of amides is 4. The summed E-state index contributed by atoms with van der Waals surface area (Å²) >= 11 is 0. The summed E-state index contributed by atoms with van der Waals surface area (Å²) in [4.78, 5) is 46.4. The third-order valence-electron chi connectivity index (χ3n) is 3.08. The molecule has 1 aromatic carbocycles. The summed E-state index contributed by atoms with van der Waals surface area (Å²) in [5, 5.41) is 7.43. The number of primary sulfonamides is 1. The van der Waals surface area contributed by atoms with Gasteiger partial charge in [-0.25, -0.2) is 13.6 Å². The maximum atomic E-state index is 12.0. The van der Waals surface area contributed by atoms with Crippen molar-refractivity contribution >= 4 is 39.3 Å². The molecule has 0 aliphatic heterocycles. The van der Waals surface area contributed by atoms with E-state index in [1.165, 1.54) is 24.3 Å². The first-order valence-electron chi connectivity index (χ1n) is 7.26. The number of benzene rings is 1. The monoisotopic (exact) mass is 385 g/mol. The smallest absolute Gasteiger partial charge is 0.238 e. The quantitative estimate of drug-likeness (QED) is 0.374. The number of carbonyl (C=O) groups is 4. The van der Waals surface area contributed by atoms with Crippen LogP contribution in [0.1, 0.15) is 12.8 Å². The molecule has 0 aliphatic carbocycles. The molecule has 11 nitrogen and oxygen atoms in total. The Morgan fingerprint density at radius 2 is 1.42 bits per heavy atom. The fourth-order valence-electron chi connectivity index (χ4n) is 1.94. The molecular weight excluding hydrogens is 366 g/mol. The SMILES string of the molecule is NC(=O)CN(CC(N)=O)C(=O)CCC(=O)Nc1ccc(S(N)(=O)=O)cc1. The number of sulfonamides is 1. The highest BCUT2D eigenvalue weighted by atomic mass is 32.2. The molecule has 0 saturated heterocycles. The Hall–Kier alpha value is -2.99. The van der Waals surface area contributed by atoms with Crippen LogP contribution in [0.15, 0.2) is 29.2 Å². The van der Waals surface area contributed by atoms with E-state index in [0.717, 1.165) is 4.90 Å². The van der Waals surface area contributed by atoms with Gasteiger partial charge in [0.2, 0.25) is 33.7 Å². The Kier molecular flexibility index (Phi) is 7.22. The van der Waals surface area contributed by atoms with Gasteiger partial charge in [-0.3, -0.25) is 19.2 Å². The lowest BCUT2D eigenvalue weighted by atomic mass is 10.2. The van der Waals surface area contributed by atoms with Crippen LogP contribution in [-0.4, -0.2) is 50.0 Å². The topological polar surface area (TPSA) is 196 Å². The number of anilines is 1. The van der Waals surface area contributed by atoms with Crippen molar-refractivity contribution in [3.63, 3.8) is 0 Å². The highest BCUT2D eigenvalue weighted by Gasteiger charge is 2.19. The number of carbonyl (C=O) groups excluding carboxylic acids is 4. The maximum absolute atomic E-state index is 12.0. The number of nitrogens with one attached hydrogen (secondary N) is 1. The van der Waals surface area contributed by atoms with Crippen molar-refractivity contribution < 1.29 is 27.6 Å². The van der Waals surface area contributed by atoms with E-state index >= 15 is 0 Å². The average Bonchev–Trinajstić information content (AvgIpc) is 2.50. The number of nitrogens with zero attached hydrogens (tertiary/aromatic N) is 1. The van der Waals surface area contributed by atoms with E-state index < -0.39 is 46.7 Å². The molecule has 0 heterocycles. The molecule has 4 amide bonds. The summed E-state index contributed by atoms with van der Waals surface area (Å²) in [5.74, 6) is -2.81. The second-order valence-corrected chi connectivity index (χ2v) is 6.86. The van der Waals surface area contributed by atoms with Gasteiger partial charge in [0.15, 0.2) is 0 Å². The molecule has 0 aromatic heterocycles. The maximum Gasteiger partial charge on any atom is 0.238 e. The van der Waals surface area contributed by atoms with Gasteiger partial charge >= 0.3 is 0 Å². The van der Waals surface area contributed by atoms with Gasteiger partial charge in [-0.15, -0.1) is 0 Å². The third-order valence-corrected chi connectivity index (χ3v) is 4.01. The lowest BCUT2D eigenvalue weighted by molar-refractivity contribution is -0.138. The Bertz CT molecular complexity index is 790. The van der Waals surface area contributed by atoms with Gasteiger partial charge in [0.05, 0.1) is 18.0 Å². The zero-order valence-corrected chi connectivity index (χ0v) is 14.5. The van der Waals surface area contributed by atoms with Crippen LogP contribution in [0.5, 0.6) is 0 Å². The Labute approximate surface area is 149 Å². The normalized spacial score (nSPS) is 10.8. The first-order chi connectivity index (χ1) is 12.0. The summed E-state index contributed by atoms with van der Waals surface area (Å²) in [6.45, 7) is -0.975. The molecule has 0 aliphatic rings. The minimum Gasteiger partial charge on any atom is -0.368 e. The van der Waals surface area contributed by atoms with Gasteiger partial charge in [0, 0.05) is 18.5 Å². The second kappa shape index (κ2) is 8.92. The fourth-order valence-corrected chi connectivity index (χ4v) is 2.45. The highest BCUT2D eigenvalue weighted by molar-refractivity contribution is 7.89. The average molecular weight is 385 g/mol. The van der Waals surface area contributed by atoms with Gasteiger partial charge < -0.3 is 21.7 Å². The fraction of sp³-hybridized carbons (Fsp3) is 0.286. The van der Waals surface area contributed by atoms with E-state index in [9.17, 15) is 27.6 Å². The van der Waals surface area contributed by atoms with Crippen molar-refractivity contribution in [1.29, 1.82) is 0 Å². The van der Waals surface area contributed by atoms with E-state index in [1.54, 1.807) is 0 Å². The molecule has 0 saturated carbocycles. The van der Waals surface area contributed by atoms with Crippen molar-refractivity contribution in [2.24, 2.45) is 16.6 Å². The van der Waals surface area contributed by atoms with E-state index in [4.69, 9.17) is 16.6 Å². The molecule has 142 valence electrons. The van der Waals surface area contributed by atoms with Gasteiger partial charge in [-0.2, -0.15) is 0 Å². The predicted octanol–water partition coefficient (Wildman–Crippen LogP) is -2.15. The molecular formula is C14H19N5O6S. The zero-order chi connectivity index (χ0) is 19.9. The summed E-state index contributed by atoms with van der Waals surface area (Å²) in [5.41, 5.74) is 10.3. The molecule has 0 unspecified atom stereocenters. The molecule has 0 fully saturated rings. The lowest BCUT2D eigenvalue weighted by Crippen LogP contribution is -2.43. The summed E-state index contributed by atoms with van der Waals surface area (Å²) < 4.78 is 22.3. The van der Waals surface area contributed by atoms with Crippen LogP contribution in [0.2, 0.25) is 0 Å². The Morgan fingerprint density at radius 1 is 0.923 bits per heavy atom. The van der Waals surface area contributed by atoms with E-state index in [2.05, 4.69) is 5.32 Å².